The molecule has 1 saturated heterocycles. The average molecular weight is 483 g/mol. The summed E-state index contributed by atoms with van der Waals surface area (Å²) in [6, 6.07) is 21.9. The minimum atomic E-state index is -0.407. The number of piperazine rings is 1. The van der Waals surface area contributed by atoms with Crippen LogP contribution in [0.15, 0.2) is 72.9 Å². The van der Waals surface area contributed by atoms with Gasteiger partial charge in [-0.15, -0.1) is 4.68 Å². The van der Waals surface area contributed by atoms with Crippen molar-refractivity contribution >= 4 is 17.3 Å². The van der Waals surface area contributed by atoms with Gasteiger partial charge in [0.05, 0.1) is 5.56 Å². The first-order valence-electron chi connectivity index (χ1n) is 12.0. The Kier molecular flexibility index (Phi) is 5.54. The molecule has 4 aromatic rings. The van der Waals surface area contributed by atoms with E-state index >= 15 is 0 Å². The number of carbonyl (C=O) groups is 2. The van der Waals surface area contributed by atoms with Gasteiger partial charge < -0.3 is 10.1 Å². The monoisotopic (exact) mass is 482 g/mol. The Labute approximate surface area is 207 Å². The van der Waals surface area contributed by atoms with Gasteiger partial charge in [-0.2, -0.15) is 0 Å². The number of aromatic nitrogens is 4. The molecule has 0 amide bonds. The van der Waals surface area contributed by atoms with Gasteiger partial charge in [-0.1, -0.05) is 42.5 Å². The molecule has 2 aromatic carbocycles. The van der Waals surface area contributed by atoms with Crippen molar-refractivity contribution in [1.29, 1.82) is 0 Å². The molecule has 0 unspecified atom stereocenters. The Morgan fingerprint density at radius 2 is 1.58 bits per heavy atom. The van der Waals surface area contributed by atoms with Gasteiger partial charge >= 0.3 is 5.69 Å². The summed E-state index contributed by atoms with van der Waals surface area (Å²) in [5.74, 6) is -0.792. The third-order valence-electron chi connectivity index (χ3n) is 6.84. The second kappa shape index (κ2) is 9.01. The van der Waals surface area contributed by atoms with Crippen LogP contribution in [0.1, 0.15) is 43.4 Å². The Morgan fingerprint density at radius 1 is 0.833 bits per heavy atom. The van der Waals surface area contributed by atoms with Crippen LogP contribution in [0.5, 0.6) is 0 Å². The molecule has 2 aromatic heterocycles. The molecule has 0 radical (unpaired) electrons. The van der Waals surface area contributed by atoms with Crippen molar-refractivity contribution in [3.8, 4) is 0 Å². The van der Waals surface area contributed by atoms with Gasteiger partial charge in [-0.05, 0) is 35.4 Å². The van der Waals surface area contributed by atoms with Crippen molar-refractivity contribution in [1.82, 2.24) is 19.9 Å². The standard InChI is InChI=1S/C27H25N6O3/c34-26-22-7-4-12-28-23(22)27(35)24-25(26)33(36)29-32(24)18-20-8-10-21(11-9-20)31-15-13-30(14-16-31)17-19-5-2-1-3-6-19/h1-12H,13-18H2,(H,29,36)/q+1/p+1. The molecule has 0 saturated carbocycles. The molecular formula is C27H26N6O3+2. The molecule has 0 atom stereocenters. The molecule has 0 bridgehead atoms. The van der Waals surface area contributed by atoms with E-state index in [1.54, 1.807) is 12.1 Å². The van der Waals surface area contributed by atoms with Crippen LogP contribution in [0, 0.1) is 0 Å². The molecule has 9 nitrogen and oxygen atoms in total. The molecule has 6 rings (SSSR count). The van der Waals surface area contributed by atoms with E-state index in [0.717, 1.165) is 48.8 Å². The summed E-state index contributed by atoms with van der Waals surface area (Å²) in [7, 11) is 0. The van der Waals surface area contributed by atoms with E-state index in [-0.39, 0.29) is 35.0 Å². The van der Waals surface area contributed by atoms with Gasteiger partial charge in [0.2, 0.25) is 0 Å². The summed E-state index contributed by atoms with van der Waals surface area (Å²) in [6.07, 6.45) is 1.49. The Balaban J connectivity index is 1.15. The normalized spacial score (nSPS) is 15.6. The molecule has 2 aliphatic rings. The van der Waals surface area contributed by atoms with Gasteiger partial charge in [0.1, 0.15) is 12.2 Å². The van der Waals surface area contributed by atoms with Crippen molar-refractivity contribution in [2.24, 2.45) is 0 Å². The molecule has 0 spiro atoms. The number of fused-ring (bicyclic) bond motifs is 2. The van der Waals surface area contributed by atoms with Crippen LogP contribution in [-0.4, -0.2) is 62.9 Å². The van der Waals surface area contributed by atoms with Crippen LogP contribution in [0.2, 0.25) is 0 Å². The number of carbonyl (C=O) groups excluding carboxylic acids is 2. The fourth-order valence-corrected chi connectivity index (χ4v) is 4.96. The summed E-state index contributed by atoms with van der Waals surface area (Å²) in [5.41, 5.74) is 3.83. The van der Waals surface area contributed by atoms with Crippen LogP contribution < -0.4 is 9.58 Å². The molecule has 180 valence electrons. The van der Waals surface area contributed by atoms with Crippen molar-refractivity contribution in [2.45, 2.75) is 13.1 Å². The van der Waals surface area contributed by atoms with E-state index in [1.165, 1.54) is 16.4 Å². The summed E-state index contributed by atoms with van der Waals surface area (Å²) in [6.45, 7) is 5.18. The summed E-state index contributed by atoms with van der Waals surface area (Å²) < 4.78 is 1.43. The largest absolute Gasteiger partial charge is 0.401 e. The second-order valence-corrected chi connectivity index (χ2v) is 9.13. The number of pyridine rings is 1. The lowest BCUT2D eigenvalue weighted by Gasteiger charge is -2.36. The lowest BCUT2D eigenvalue weighted by molar-refractivity contribution is -0.751. The van der Waals surface area contributed by atoms with Crippen molar-refractivity contribution in [3.63, 3.8) is 0 Å². The number of ketones is 2. The molecule has 1 aliphatic carbocycles. The summed E-state index contributed by atoms with van der Waals surface area (Å²) in [5, 5.41) is 12.3. The van der Waals surface area contributed by atoms with Crippen LogP contribution in [0.3, 0.4) is 0 Å². The van der Waals surface area contributed by atoms with Crippen LogP contribution in [0.25, 0.3) is 0 Å². The number of nitrogens with zero attached hydrogens (tertiary/aromatic N) is 6. The summed E-state index contributed by atoms with van der Waals surface area (Å²) >= 11 is 0. The fourth-order valence-electron chi connectivity index (χ4n) is 4.96. The average Bonchev–Trinajstić information content (AvgIpc) is 3.24. The highest BCUT2D eigenvalue weighted by molar-refractivity contribution is 6.25. The van der Waals surface area contributed by atoms with E-state index in [0.29, 0.717) is 0 Å². The van der Waals surface area contributed by atoms with Crippen molar-refractivity contribution < 1.29 is 19.5 Å². The minimum absolute atomic E-state index is 0.0227. The molecule has 1 aliphatic heterocycles. The topological polar surface area (TPSA) is 98.1 Å². The molecule has 1 fully saturated rings. The highest BCUT2D eigenvalue weighted by atomic mass is 16.5. The third-order valence-corrected chi connectivity index (χ3v) is 6.84. The Bertz CT molecular complexity index is 1440. The molecule has 9 heteroatoms. The lowest BCUT2D eigenvalue weighted by atomic mass is 9.94. The highest BCUT2D eigenvalue weighted by Crippen LogP contribution is 2.24. The zero-order chi connectivity index (χ0) is 24.6. The van der Waals surface area contributed by atoms with Gasteiger partial charge in [0.15, 0.2) is 10.1 Å². The maximum Gasteiger partial charge on any atom is 0.343 e. The maximum atomic E-state index is 13.1. The lowest BCUT2D eigenvalue weighted by Crippen LogP contribution is -2.46. The summed E-state index contributed by atoms with van der Waals surface area (Å²) in [4.78, 5) is 35.7. The Morgan fingerprint density at radius 3 is 2.33 bits per heavy atom. The fraction of sp³-hybridized carbons (Fsp3) is 0.222. The maximum absolute atomic E-state index is 13.1. The molecular weight excluding hydrogens is 456 g/mol. The number of hydrogen-bond acceptors (Lipinski definition) is 6. The van der Waals surface area contributed by atoms with Gasteiger partial charge in [-0.25, -0.2) is 0 Å². The second-order valence-electron chi connectivity index (χ2n) is 9.13. The van der Waals surface area contributed by atoms with Crippen LogP contribution in [-0.2, 0) is 13.1 Å². The van der Waals surface area contributed by atoms with E-state index < -0.39 is 5.78 Å². The van der Waals surface area contributed by atoms with E-state index in [9.17, 15) is 9.59 Å². The van der Waals surface area contributed by atoms with Gasteiger partial charge in [0, 0.05) is 44.6 Å². The smallest absolute Gasteiger partial charge is 0.343 e. The van der Waals surface area contributed by atoms with Crippen LogP contribution in [0.4, 0.5) is 5.69 Å². The van der Waals surface area contributed by atoms with E-state index in [1.807, 2.05) is 18.2 Å². The van der Waals surface area contributed by atoms with E-state index in [2.05, 4.69) is 56.4 Å². The highest BCUT2D eigenvalue weighted by Gasteiger charge is 2.46. The zero-order valence-corrected chi connectivity index (χ0v) is 19.7. The third kappa shape index (κ3) is 3.93. The Hall–Kier alpha value is -4.37. The van der Waals surface area contributed by atoms with Gasteiger partial charge in [-0.3, -0.25) is 19.5 Å². The molecule has 36 heavy (non-hydrogen) atoms. The first-order valence-corrected chi connectivity index (χ1v) is 12.0. The molecule has 2 N–H and O–H groups in total. The zero-order valence-electron chi connectivity index (χ0n) is 19.7. The number of benzene rings is 2. The van der Waals surface area contributed by atoms with Crippen LogP contribution >= 0.6 is 0 Å². The van der Waals surface area contributed by atoms with E-state index in [4.69, 9.17) is 5.21 Å². The number of anilines is 1. The quantitative estimate of drug-likeness (QED) is 0.276. The SMILES string of the molecule is O=C1c2cccnc2C(=O)c2c1n([OH2+])n[n+]2Cc1ccc(N2CCN(Cc3ccccc3)CC2)cc1. The van der Waals surface area contributed by atoms with Gasteiger partial charge in [0.25, 0.3) is 17.3 Å². The first-order chi connectivity index (χ1) is 17.6. The first kappa shape index (κ1) is 22.1. The molecule has 3 heterocycles. The van der Waals surface area contributed by atoms with Crippen molar-refractivity contribution in [2.75, 3.05) is 31.1 Å². The predicted octanol–water partition coefficient (Wildman–Crippen LogP) is 1.20. The number of rotatable bonds is 5. The van der Waals surface area contributed by atoms with Crippen molar-refractivity contribution in [3.05, 3.63) is 107 Å². The predicted molar refractivity (Wildman–Crippen MR) is 132 cm³/mol. The number of hydrogen-bond donors (Lipinski definition) is 0. The minimum Gasteiger partial charge on any atom is -0.401 e.